The molecule has 3 heterocycles. The van der Waals surface area contributed by atoms with E-state index in [4.69, 9.17) is 25.8 Å². The number of halogens is 1. The van der Waals surface area contributed by atoms with Crippen LogP contribution in [0.25, 0.3) is 5.70 Å². The maximum atomic E-state index is 6.67. The largest absolute Gasteiger partial charge is 0.493 e. The fraction of sp³-hybridized carbons (Fsp3) is 0.185. The molecule has 35 heavy (non-hydrogen) atoms. The zero-order valence-electron chi connectivity index (χ0n) is 19.4. The number of anilines is 1. The molecule has 0 saturated carbocycles. The van der Waals surface area contributed by atoms with Gasteiger partial charge in [0.1, 0.15) is 24.2 Å². The van der Waals surface area contributed by atoms with Gasteiger partial charge in [0, 0.05) is 16.2 Å². The molecule has 0 amide bonds. The van der Waals surface area contributed by atoms with E-state index in [1.807, 2.05) is 53.2 Å². The normalized spacial score (nSPS) is 18.1. The minimum Gasteiger partial charge on any atom is -0.493 e. The molecule has 6 rings (SSSR count). The summed E-state index contributed by atoms with van der Waals surface area (Å²) in [7, 11) is 3.26. The minimum absolute atomic E-state index is 0.294. The molecule has 7 nitrogen and oxygen atoms in total. The fourth-order valence-corrected chi connectivity index (χ4v) is 4.97. The van der Waals surface area contributed by atoms with Crippen molar-refractivity contribution in [1.29, 1.82) is 0 Å². The molecular weight excluding hydrogens is 464 g/mol. The Labute approximate surface area is 207 Å². The Morgan fingerprint density at radius 1 is 0.943 bits per heavy atom. The highest BCUT2D eigenvalue weighted by molar-refractivity contribution is 6.30. The van der Waals surface area contributed by atoms with E-state index < -0.39 is 0 Å². The number of aryl methyl sites for hydroxylation is 1. The zero-order valence-corrected chi connectivity index (χ0v) is 20.2. The monoisotopic (exact) mass is 486 g/mol. The third kappa shape index (κ3) is 3.51. The van der Waals surface area contributed by atoms with Crippen molar-refractivity contribution < 1.29 is 14.2 Å². The smallest absolute Gasteiger partial charge is 0.226 e. The Morgan fingerprint density at radius 3 is 2.49 bits per heavy atom. The molecular formula is C27H23ClN4O3. The number of nitrogens with one attached hydrogen (secondary N) is 1. The summed E-state index contributed by atoms with van der Waals surface area (Å²) < 4.78 is 19.7. The average molecular weight is 487 g/mol. The summed E-state index contributed by atoms with van der Waals surface area (Å²) in [6.07, 6.45) is 1.18. The summed E-state index contributed by atoms with van der Waals surface area (Å²) in [6, 6.07) is 19.6. The van der Waals surface area contributed by atoms with Crippen LogP contribution in [-0.2, 0) is 0 Å². The van der Waals surface area contributed by atoms with Gasteiger partial charge in [0.25, 0.3) is 0 Å². The van der Waals surface area contributed by atoms with Crippen LogP contribution in [0.3, 0.4) is 0 Å². The second kappa shape index (κ2) is 8.36. The van der Waals surface area contributed by atoms with E-state index in [1.165, 1.54) is 0 Å². The van der Waals surface area contributed by atoms with Gasteiger partial charge in [-0.2, -0.15) is 10.1 Å². The van der Waals surface area contributed by atoms with Gasteiger partial charge in [-0.3, -0.25) is 0 Å². The topological polar surface area (TPSA) is 70.4 Å². The van der Waals surface area contributed by atoms with Gasteiger partial charge in [0.2, 0.25) is 5.95 Å². The number of ether oxygens (including phenoxy) is 3. The zero-order chi connectivity index (χ0) is 24.1. The molecule has 0 fully saturated rings. The van der Waals surface area contributed by atoms with Crippen LogP contribution >= 0.6 is 11.6 Å². The van der Waals surface area contributed by atoms with E-state index in [9.17, 15) is 0 Å². The van der Waals surface area contributed by atoms with Crippen LogP contribution in [0.4, 0.5) is 5.95 Å². The summed E-state index contributed by atoms with van der Waals surface area (Å²) in [5.41, 5.74) is 6.09. The lowest BCUT2D eigenvalue weighted by Gasteiger charge is -2.39. The SMILES string of the molecule is COc1ccc([C@@H]2C3=C(Nc4ncnn42)c2cc(C)ccc2O[C@@H]3c2ccc(Cl)cc2)cc1OC. The number of hydrogen-bond acceptors (Lipinski definition) is 6. The molecule has 2 aliphatic heterocycles. The maximum Gasteiger partial charge on any atom is 0.226 e. The lowest BCUT2D eigenvalue weighted by Crippen LogP contribution is -2.32. The standard InChI is InChI=1S/C27H23ClN4O3/c1-15-4-10-20-19(12-15)24-23(26(35-20)16-5-8-18(28)9-6-16)25(32-27(31-24)29-14-30-32)17-7-11-21(33-2)22(13-17)34-3/h4-14,25-26H,1-3H3,(H,29,30,31)/t25-,26-/m1/s1. The highest BCUT2D eigenvalue weighted by Crippen LogP contribution is 2.51. The maximum absolute atomic E-state index is 6.67. The van der Waals surface area contributed by atoms with Crippen LogP contribution in [0.15, 0.2) is 72.6 Å². The van der Waals surface area contributed by atoms with Crippen LogP contribution in [0, 0.1) is 6.92 Å². The molecule has 2 atom stereocenters. The number of methoxy groups -OCH3 is 2. The fourth-order valence-electron chi connectivity index (χ4n) is 4.84. The van der Waals surface area contributed by atoms with Crippen LogP contribution in [0.5, 0.6) is 17.2 Å². The number of aromatic nitrogens is 3. The highest BCUT2D eigenvalue weighted by atomic mass is 35.5. The lowest BCUT2D eigenvalue weighted by molar-refractivity contribution is 0.223. The van der Waals surface area contributed by atoms with Gasteiger partial charge in [0.05, 0.1) is 19.9 Å². The first-order valence-corrected chi connectivity index (χ1v) is 11.6. The molecule has 1 N–H and O–H groups in total. The number of hydrogen-bond donors (Lipinski definition) is 1. The van der Waals surface area contributed by atoms with Crippen LogP contribution < -0.4 is 19.5 Å². The predicted octanol–water partition coefficient (Wildman–Crippen LogP) is 5.82. The first kappa shape index (κ1) is 21.6. The molecule has 4 aromatic rings. The molecule has 3 aromatic carbocycles. The van der Waals surface area contributed by atoms with E-state index in [2.05, 4.69) is 34.5 Å². The van der Waals surface area contributed by atoms with Crippen molar-refractivity contribution in [1.82, 2.24) is 14.8 Å². The third-order valence-electron chi connectivity index (χ3n) is 6.47. The second-order valence-corrected chi connectivity index (χ2v) is 8.99. The predicted molar refractivity (Wildman–Crippen MR) is 134 cm³/mol. The Hall–Kier alpha value is -3.97. The summed E-state index contributed by atoms with van der Waals surface area (Å²) in [5, 5.41) is 8.78. The van der Waals surface area contributed by atoms with Gasteiger partial charge in [-0.15, -0.1) is 0 Å². The van der Waals surface area contributed by atoms with Crippen LogP contribution in [0.1, 0.15) is 34.4 Å². The van der Waals surface area contributed by atoms with E-state index in [0.29, 0.717) is 22.5 Å². The number of nitrogens with zero attached hydrogens (tertiary/aromatic N) is 3. The van der Waals surface area contributed by atoms with Gasteiger partial charge >= 0.3 is 0 Å². The highest BCUT2D eigenvalue weighted by Gasteiger charge is 2.41. The van der Waals surface area contributed by atoms with Crippen molar-refractivity contribution in [3.8, 4) is 17.2 Å². The van der Waals surface area contributed by atoms with Gasteiger partial charge in [-0.25, -0.2) is 4.68 Å². The van der Waals surface area contributed by atoms with Gasteiger partial charge in [-0.1, -0.05) is 41.4 Å². The number of rotatable bonds is 4. The summed E-state index contributed by atoms with van der Waals surface area (Å²) >= 11 is 6.21. The van der Waals surface area contributed by atoms with E-state index >= 15 is 0 Å². The third-order valence-corrected chi connectivity index (χ3v) is 6.72. The lowest BCUT2D eigenvalue weighted by atomic mass is 9.84. The number of fused-ring (bicyclic) bond motifs is 3. The van der Waals surface area contributed by atoms with Crippen molar-refractivity contribution in [2.45, 2.75) is 19.1 Å². The van der Waals surface area contributed by atoms with Crippen molar-refractivity contribution in [2.75, 3.05) is 19.5 Å². The summed E-state index contributed by atoms with van der Waals surface area (Å²) in [5.74, 6) is 2.77. The number of benzene rings is 3. The summed E-state index contributed by atoms with van der Waals surface area (Å²) in [4.78, 5) is 4.50. The van der Waals surface area contributed by atoms with Gasteiger partial charge < -0.3 is 19.5 Å². The van der Waals surface area contributed by atoms with Crippen molar-refractivity contribution in [3.05, 3.63) is 99.8 Å². The second-order valence-electron chi connectivity index (χ2n) is 8.55. The Morgan fingerprint density at radius 2 is 1.71 bits per heavy atom. The quantitative estimate of drug-likeness (QED) is 0.392. The van der Waals surface area contributed by atoms with Crippen LogP contribution in [0.2, 0.25) is 5.02 Å². The molecule has 0 radical (unpaired) electrons. The average Bonchev–Trinajstić information content (AvgIpc) is 3.35. The molecule has 0 bridgehead atoms. The molecule has 1 aromatic heterocycles. The molecule has 8 heteroatoms. The molecule has 0 unspecified atom stereocenters. The molecule has 2 aliphatic rings. The van der Waals surface area contributed by atoms with Gasteiger partial charge in [0.15, 0.2) is 11.5 Å². The Balaban J connectivity index is 1.62. The molecule has 0 aliphatic carbocycles. The molecule has 0 saturated heterocycles. The minimum atomic E-state index is -0.375. The Bertz CT molecular complexity index is 1460. The van der Waals surface area contributed by atoms with E-state index in [1.54, 1.807) is 20.5 Å². The van der Waals surface area contributed by atoms with E-state index in [-0.39, 0.29) is 12.1 Å². The Kier molecular flexibility index (Phi) is 5.15. The van der Waals surface area contributed by atoms with E-state index in [0.717, 1.165) is 39.3 Å². The van der Waals surface area contributed by atoms with Gasteiger partial charge in [-0.05, 0) is 54.4 Å². The summed E-state index contributed by atoms with van der Waals surface area (Å²) in [6.45, 7) is 2.07. The van der Waals surface area contributed by atoms with Crippen molar-refractivity contribution in [2.24, 2.45) is 0 Å². The van der Waals surface area contributed by atoms with Crippen LogP contribution in [-0.4, -0.2) is 29.0 Å². The van der Waals surface area contributed by atoms with Crippen molar-refractivity contribution >= 4 is 23.2 Å². The first-order chi connectivity index (χ1) is 17.1. The molecule has 176 valence electrons. The first-order valence-electron chi connectivity index (χ1n) is 11.2. The molecule has 0 spiro atoms. The van der Waals surface area contributed by atoms with Crippen molar-refractivity contribution in [3.63, 3.8) is 0 Å².